The Bertz CT molecular complexity index is 450. The summed E-state index contributed by atoms with van der Waals surface area (Å²) in [5.74, 6) is 0.00299. The van der Waals surface area contributed by atoms with Crippen molar-refractivity contribution >= 4 is 27.9 Å². The normalized spacial score (nSPS) is 24.7. The first kappa shape index (κ1) is 17.1. The van der Waals surface area contributed by atoms with Crippen LogP contribution in [0.15, 0.2) is 0 Å². The van der Waals surface area contributed by atoms with Crippen LogP contribution in [-0.4, -0.2) is 79.3 Å². The average molecular weight is 335 g/mol. The Morgan fingerprint density at radius 2 is 1.67 bits per heavy atom. The highest BCUT2D eigenvalue weighted by Gasteiger charge is 2.28. The van der Waals surface area contributed by atoms with E-state index in [9.17, 15) is 13.2 Å². The van der Waals surface area contributed by atoms with Crippen molar-refractivity contribution in [2.24, 2.45) is 0 Å². The summed E-state index contributed by atoms with van der Waals surface area (Å²) in [5, 5.41) is -0.347. The maximum Gasteiger partial charge on any atom is 0.278 e. The molecule has 2 fully saturated rings. The molecule has 6 nitrogen and oxygen atoms in total. The number of likely N-dealkylation sites (tertiary alicyclic amines) is 1. The van der Waals surface area contributed by atoms with E-state index < -0.39 is 10.0 Å². The first-order valence-corrected chi connectivity index (χ1v) is 9.73. The van der Waals surface area contributed by atoms with Gasteiger partial charge in [0.1, 0.15) is 0 Å². The largest absolute Gasteiger partial charge is 0.331 e. The third kappa shape index (κ3) is 5.12. The molecule has 2 rings (SSSR count). The molecule has 2 heterocycles. The van der Waals surface area contributed by atoms with Crippen molar-refractivity contribution in [1.82, 2.24) is 14.1 Å². The van der Waals surface area contributed by atoms with Crippen LogP contribution in [0, 0.1) is 0 Å². The minimum absolute atomic E-state index is 0.00299. The molecule has 0 aromatic rings. The van der Waals surface area contributed by atoms with E-state index in [2.05, 4.69) is 17.5 Å². The van der Waals surface area contributed by atoms with Crippen LogP contribution in [0.25, 0.3) is 0 Å². The average Bonchev–Trinajstić information content (AvgIpc) is 2.59. The van der Waals surface area contributed by atoms with Gasteiger partial charge in [-0.1, -0.05) is 19.0 Å². The van der Waals surface area contributed by atoms with E-state index in [4.69, 9.17) is 0 Å². The van der Waals surface area contributed by atoms with Crippen LogP contribution in [-0.2, 0) is 10.0 Å². The van der Waals surface area contributed by atoms with E-state index in [0.717, 1.165) is 26.1 Å². The molecule has 0 atom stereocenters. The molecule has 122 valence electrons. The topological polar surface area (TPSA) is 60.9 Å². The second kappa shape index (κ2) is 7.80. The Labute approximate surface area is 132 Å². The van der Waals surface area contributed by atoms with E-state index in [0.29, 0.717) is 19.6 Å². The molecule has 0 saturated carbocycles. The predicted molar refractivity (Wildman–Crippen MR) is 86.2 cm³/mol. The summed E-state index contributed by atoms with van der Waals surface area (Å²) in [6.07, 6.45) is 4.67. The Morgan fingerprint density at radius 3 is 2.33 bits per heavy atom. The lowest BCUT2D eigenvalue weighted by Gasteiger charge is -2.27. The Morgan fingerprint density at radius 1 is 0.952 bits per heavy atom. The number of carbonyl (C=O) groups excluding carboxylic acids is 1. The third-order valence-electron chi connectivity index (χ3n) is 4.23. The van der Waals surface area contributed by atoms with Gasteiger partial charge in [0, 0.05) is 26.2 Å². The van der Waals surface area contributed by atoms with E-state index in [1.165, 1.54) is 28.5 Å². The van der Waals surface area contributed by atoms with Crippen molar-refractivity contribution in [3.05, 3.63) is 0 Å². The first-order chi connectivity index (χ1) is 9.99. The highest BCUT2D eigenvalue weighted by atomic mass is 32.2. The minimum Gasteiger partial charge on any atom is -0.331 e. The fourth-order valence-electron chi connectivity index (χ4n) is 2.93. The lowest BCUT2D eigenvalue weighted by Crippen LogP contribution is -2.37. The number of sulfonamides is 1. The summed E-state index contributed by atoms with van der Waals surface area (Å²) in [7, 11) is -3.24. The molecule has 2 aliphatic rings. The second-order valence-electron chi connectivity index (χ2n) is 5.74. The summed E-state index contributed by atoms with van der Waals surface area (Å²) in [5.41, 5.74) is 0. The van der Waals surface area contributed by atoms with Gasteiger partial charge in [-0.3, -0.25) is 4.79 Å². The van der Waals surface area contributed by atoms with Crippen LogP contribution < -0.4 is 0 Å². The van der Waals surface area contributed by atoms with Gasteiger partial charge in [-0.25, -0.2) is 12.7 Å². The maximum atomic E-state index is 12.2. The van der Waals surface area contributed by atoms with Crippen LogP contribution in [0.3, 0.4) is 0 Å². The highest BCUT2D eigenvalue weighted by molar-refractivity contribution is 7.96. The number of nitrogens with zero attached hydrogens (tertiary/aromatic N) is 3. The zero-order chi connectivity index (χ0) is 15.3. The molecular weight excluding hydrogens is 310 g/mol. The summed E-state index contributed by atoms with van der Waals surface area (Å²) in [6, 6.07) is 0. The van der Waals surface area contributed by atoms with E-state index >= 15 is 0 Å². The zero-order valence-corrected chi connectivity index (χ0v) is 14.1. The monoisotopic (exact) mass is 335 g/mol. The van der Waals surface area contributed by atoms with Crippen molar-refractivity contribution in [1.29, 1.82) is 0 Å². The minimum atomic E-state index is -3.24. The first-order valence-electron chi connectivity index (χ1n) is 7.67. The Hall–Kier alpha value is -0.310. The smallest absolute Gasteiger partial charge is 0.278 e. The molecule has 8 heteroatoms. The summed E-state index contributed by atoms with van der Waals surface area (Å²) in [4.78, 5) is 15.2. The van der Waals surface area contributed by atoms with Gasteiger partial charge in [0.05, 0.1) is 5.75 Å². The highest BCUT2D eigenvalue weighted by Crippen LogP contribution is 2.12. The van der Waals surface area contributed by atoms with E-state index in [1.54, 1.807) is 0 Å². The van der Waals surface area contributed by atoms with Gasteiger partial charge < -0.3 is 9.80 Å². The van der Waals surface area contributed by atoms with E-state index in [-0.39, 0.29) is 17.5 Å². The van der Waals surface area contributed by atoms with Crippen LogP contribution in [0.5, 0.6) is 0 Å². The van der Waals surface area contributed by atoms with Crippen LogP contribution in [0.2, 0.25) is 0 Å². The molecule has 2 saturated heterocycles. The Balaban J connectivity index is 1.81. The van der Waals surface area contributed by atoms with Crippen LogP contribution in [0.4, 0.5) is 4.79 Å². The molecule has 0 aromatic carbocycles. The molecule has 0 bridgehead atoms. The number of hydrogen-bond acceptors (Lipinski definition) is 4. The SMILES string of the molecule is O=C(S)N1CCN(CCCN2CCCCC2)S(=O)(=O)CC1. The Kier molecular flexibility index (Phi) is 6.34. The van der Waals surface area contributed by atoms with Gasteiger partial charge in [0.2, 0.25) is 10.0 Å². The lowest BCUT2D eigenvalue weighted by molar-refractivity contribution is 0.215. The van der Waals surface area contributed by atoms with Crippen LogP contribution >= 0.6 is 12.6 Å². The number of hydrogen-bond donors (Lipinski definition) is 1. The van der Waals surface area contributed by atoms with Gasteiger partial charge in [0.25, 0.3) is 5.24 Å². The van der Waals surface area contributed by atoms with Crippen molar-refractivity contribution in [3.8, 4) is 0 Å². The molecular formula is C13H25N3O3S2. The second-order valence-corrected chi connectivity index (χ2v) is 8.21. The molecule has 0 aromatic heterocycles. The fraction of sp³-hybridized carbons (Fsp3) is 0.923. The molecule has 0 N–H and O–H groups in total. The van der Waals surface area contributed by atoms with Crippen molar-refractivity contribution < 1.29 is 13.2 Å². The van der Waals surface area contributed by atoms with Crippen molar-refractivity contribution in [2.75, 3.05) is 51.6 Å². The summed E-state index contributed by atoms with van der Waals surface area (Å²) >= 11 is 3.78. The van der Waals surface area contributed by atoms with Crippen LogP contribution in [0.1, 0.15) is 25.7 Å². The number of thiol groups is 1. The maximum absolute atomic E-state index is 12.2. The van der Waals surface area contributed by atoms with Gasteiger partial charge in [-0.15, -0.1) is 0 Å². The fourth-order valence-corrected chi connectivity index (χ4v) is 4.61. The molecule has 2 aliphatic heterocycles. The molecule has 0 unspecified atom stereocenters. The lowest BCUT2D eigenvalue weighted by atomic mass is 10.1. The molecule has 0 aliphatic carbocycles. The van der Waals surface area contributed by atoms with Gasteiger partial charge in [0.15, 0.2) is 0 Å². The van der Waals surface area contributed by atoms with Gasteiger partial charge in [-0.2, -0.15) is 0 Å². The number of piperidine rings is 1. The van der Waals surface area contributed by atoms with E-state index in [1.807, 2.05) is 0 Å². The zero-order valence-electron chi connectivity index (χ0n) is 12.4. The third-order valence-corrected chi connectivity index (χ3v) is 6.37. The quantitative estimate of drug-likeness (QED) is 0.774. The molecule has 0 spiro atoms. The standard InChI is InChI=1S/C13H25N3O3S2/c17-13(20)15-9-10-16(21(18,19)12-11-15)8-4-7-14-5-2-1-3-6-14/h1-12H2,(H,17,20). The molecule has 0 radical (unpaired) electrons. The van der Waals surface area contributed by atoms with Crippen molar-refractivity contribution in [3.63, 3.8) is 0 Å². The summed E-state index contributed by atoms with van der Waals surface area (Å²) < 4.78 is 25.9. The van der Waals surface area contributed by atoms with Gasteiger partial charge in [-0.05, 0) is 38.9 Å². The summed E-state index contributed by atoms with van der Waals surface area (Å²) in [6.45, 7) is 4.84. The molecule has 1 amide bonds. The number of carbonyl (C=O) groups is 1. The predicted octanol–water partition coefficient (Wildman–Crippen LogP) is 0.860. The van der Waals surface area contributed by atoms with Gasteiger partial charge >= 0.3 is 0 Å². The van der Waals surface area contributed by atoms with Crippen molar-refractivity contribution in [2.45, 2.75) is 25.7 Å². The number of amides is 1. The molecule has 21 heavy (non-hydrogen) atoms. The number of rotatable bonds is 4.